The molecule has 1 aliphatic heterocycles. The third-order valence-electron chi connectivity index (χ3n) is 6.05. The summed E-state index contributed by atoms with van der Waals surface area (Å²) < 4.78 is 30.8. The van der Waals surface area contributed by atoms with Gasteiger partial charge in [0.15, 0.2) is 6.04 Å². The highest BCUT2D eigenvalue weighted by molar-refractivity contribution is 5.81. The Balaban J connectivity index is 1.96. The van der Waals surface area contributed by atoms with Crippen LogP contribution in [0.2, 0.25) is 0 Å². The van der Waals surface area contributed by atoms with Crippen LogP contribution < -0.4 is 0 Å². The number of halogens is 1. The number of imidazole rings is 1. The average Bonchev–Trinajstić information content (AvgIpc) is 3.32. The molecule has 0 spiro atoms. The molecule has 3 rings (SSSR count). The molecule has 1 aromatic heterocycles. The van der Waals surface area contributed by atoms with E-state index in [1.54, 1.807) is 48.7 Å². The highest BCUT2D eigenvalue weighted by Gasteiger charge is 2.44. The molecule has 0 aliphatic carbocycles. The van der Waals surface area contributed by atoms with Gasteiger partial charge in [-0.15, -0.1) is 0 Å². The van der Waals surface area contributed by atoms with E-state index < -0.39 is 35.7 Å². The van der Waals surface area contributed by atoms with Crippen LogP contribution in [-0.2, 0) is 23.8 Å². The smallest absolute Gasteiger partial charge is 0.410 e. The molecule has 1 saturated heterocycles. The van der Waals surface area contributed by atoms with Gasteiger partial charge in [-0.1, -0.05) is 12.1 Å². The second-order valence-electron chi connectivity index (χ2n) is 9.58. The van der Waals surface area contributed by atoms with E-state index >= 15 is 0 Å². The molecular weight excluding hydrogens is 471 g/mol. The van der Waals surface area contributed by atoms with E-state index in [2.05, 4.69) is 4.98 Å². The first-order valence-electron chi connectivity index (χ1n) is 11.6. The zero-order valence-corrected chi connectivity index (χ0v) is 21.4. The number of aromatic nitrogens is 2. The average molecular weight is 505 g/mol. The summed E-state index contributed by atoms with van der Waals surface area (Å²) in [5.41, 5.74) is 0.587. The van der Waals surface area contributed by atoms with Crippen LogP contribution >= 0.6 is 0 Å². The van der Waals surface area contributed by atoms with Crippen LogP contribution in [0.15, 0.2) is 36.8 Å². The Morgan fingerprint density at radius 2 is 1.75 bits per heavy atom. The van der Waals surface area contributed by atoms with Gasteiger partial charge in [0.2, 0.25) is 0 Å². The second kappa shape index (κ2) is 11.1. The summed E-state index contributed by atoms with van der Waals surface area (Å²) >= 11 is 0. The van der Waals surface area contributed by atoms with Gasteiger partial charge in [-0.05, 0) is 45.4 Å². The van der Waals surface area contributed by atoms with Crippen LogP contribution in [0.3, 0.4) is 0 Å². The lowest BCUT2D eigenvalue weighted by molar-refractivity contribution is -0.158. The summed E-state index contributed by atoms with van der Waals surface area (Å²) in [5, 5.41) is 0. The van der Waals surface area contributed by atoms with Crippen molar-refractivity contribution in [2.45, 2.75) is 51.4 Å². The van der Waals surface area contributed by atoms with Gasteiger partial charge in [0.25, 0.3) is 0 Å². The Morgan fingerprint density at radius 3 is 2.33 bits per heavy atom. The standard InChI is InChI=1S/C25H33FN4O6/c1-16(17-7-9-18(26)10-8-17)30-15-27-13-19(30)21(23(32)35-6)29-12-11-28(14-20(29)22(31)34-5)24(33)36-25(2,3)4/h7-10,13,15-16,20-21H,11-12,14H2,1-6H3/t16-,20?,21?/m1/s1. The van der Waals surface area contributed by atoms with E-state index in [9.17, 15) is 18.8 Å². The van der Waals surface area contributed by atoms with Crippen LogP contribution in [-0.4, -0.2) is 82.9 Å². The number of benzene rings is 1. The van der Waals surface area contributed by atoms with Crippen LogP contribution in [0.4, 0.5) is 9.18 Å². The lowest BCUT2D eigenvalue weighted by Gasteiger charge is -2.42. The second-order valence-corrected chi connectivity index (χ2v) is 9.58. The number of piperazine rings is 1. The molecular formula is C25H33FN4O6. The Morgan fingerprint density at radius 1 is 1.08 bits per heavy atom. The maximum Gasteiger partial charge on any atom is 0.410 e. The Hall–Kier alpha value is -3.47. The molecule has 11 heteroatoms. The fraction of sp³-hybridized carbons (Fsp3) is 0.520. The summed E-state index contributed by atoms with van der Waals surface area (Å²) in [4.78, 5) is 46.0. The van der Waals surface area contributed by atoms with E-state index in [1.165, 1.54) is 37.4 Å². The van der Waals surface area contributed by atoms with Crippen molar-refractivity contribution in [2.75, 3.05) is 33.9 Å². The Labute approximate surface area is 209 Å². The molecule has 36 heavy (non-hydrogen) atoms. The van der Waals surface area contributed by atoms with Crippen molar-refractivity contribution in [3.8, 4) is 0 Å². The number of amides is 1. The molecule has 1 fully saturated rings. The molecule has 1 aliphatic rings. The number of nitrogens with zero attached hydrogens (tertiary/aromatic N) is 4. The molecule has 2 unspecified atom stereocenters. The number of methoxy groups -OCH3 is 2. The van der Waals surface area contributed by atoms with Crippen molar-refractivity contribution in [2.24, 2.45) is 0 Å². The van der Waals surface area contributed by atoms with E-state index in [-0.39, 0.29) is 31.5 Å². The summed E-state index contributed by atoms with van der Waals surface area (Å²) in [7, 11) is 2.52. The molecule has 0 saturated carbocycles. The fourth-order valence-electron chi connectivity index (χ4n) is 4.23. The largest absolute Gasteiger partial charge is 0.468 e. The first-order valence-corrected chi connectivity index (χ1v) is 11.6. The van der Waals surface area contributed by atoms with Crippen molar-refractivity contribution < 1.29 is 33.0 Å². The molecule has 196 valence electrons. The van der Waals surface area contributed by atoms with Gasteiger partial charge in [-0.25, -0.2) is 19.0 Å². The number of carbonyl (C=O) groups is 3. The molecule has 1 aromatic carbocycles. The zero-order chi connectivity index (χ0) is 26.6. The Bertz CT molecular complexity index is 1080. The van der Waals surface area contributed by atoms with Crippen molar-refractivity contribution in [3.63, 3.8) is 0 Å². The quantitative estimate of drug-likeness (QED) is 0.437. The van der Waals surface area contributed by atoms with Crippen molar-refractivity contribution in [3.05, 3.63) is 53.9 Å². The third kappa shape index (κ3) is 6.01. The molecule has 2 heterocycles. The predicted octanol–water partition coefficient (Wildman–Crippen LogP) is 2.94. The van der Waals surface area contributed by atoms with Crippen LogP contribution in [0.1, 0.15) is 51.0 Å². The molecule has 2 aromatic rings. The minimum absolute atomic E-state index is 0.0310. The zero-order valence-electron chi connectivity index (χ0n) is 21.4. The van der Waals surface area contributed by atoms with Crippen molar-refractivity contribution >= 4 is 18.0 Å². The van der Waals surface area contributed by atoms with Crippen LogP contribution in [0, 0.1) is 5.82 Å². The molecule has 3 atom stereocenters. The van der Waals surface area contributed by atoms with Crippen molar-refractivity contribution in [1.29, 1.82) is 0 Å². The summed E-state index contributed by atoms with van der Waals surface area (Å²) in [6.07, 6.45) is 2.56. The molecule has 0 radical (unpaired) electrons. The summed E-state index contributed by atoms with van der Waals surface area (Å²) in [5.74, 6) is -1.55. The van der Waals surface area contributed by atoms with E-state index in [1.807, 2.05) is 6.92 Å². The number of hydrogen-bond acceptors (Lipinski definition) is 8. The summed E-state index contributed by atoms with van der Waals surface area (Å²) in [6, 6.07) is 3.79. The minimum atomic E-state index is -1.01. The molecule has 1 amide bonds. The maximum absolute atomic E-state index is 13.5. The SMILES string of the molecule is COC(=O)C1CN(C(=O)OC(C)(C)C)CCN1C(C(=O)OC)c1cncn1[C@H](C)c1ccc(F)cc1. The molecule has 0 N–H and O–H groups in total. The van der Waals surface area contributed by atoms with Gasteiger partial charge in [0, 0.05) is 13.1 Å². The van der Waals surface area contributed by atoms with Gasteiger partial charge < -0.3 is 23.7 Å². The highest BCUT2D eigenvalue weighted by Crippen LogP contribution is 2.31. The monoisotopic (exact) mass is 504 g/mol. The van der Waals surface area contributed by atoms with Gasteiger partial charge in [0.1, 0.15) is 17.5 Å². The number of hydrogen-bond donors (Lipinski definition) is 0. The van der Waals surface area contributed by atoms with Gasteiger partial charge >= 0.3 is 18.0 Å². The molecule has 10 nitrogen and oxygen atoms in total. The number of rotatable bonds is 6. The Kier molecular flexibility index (Phi) is 8.34. The first kappa shape index (κ1) is 27.1. The number of ether oxygens (including phenoxy) is 3. The molecule has 0 bridgehead atoms. The van der Waals surface area contributed by atoms with Crippen molar-refractivity contribution in [1.82, 2.24) is 19.4 Å². The predicted molar refractivity (Wildman–Crippen MR) is 128 cm³/mol. The van der Waals surface area contributed by atoms with Crippen LogP contribution in [0.25, 0.3) is 0 Å². The highest BCUT2D eigenvalue weighted by atomic mass is 19.1. The van der Waals surface area contributed by atoms with Gasteiger partial charge in [0.05, 0.1) is 45.0 Å². The number of esters is 2. The maximum atomic E-state index is 13.5. The third-order valence-corrected chi connectivity index (χ3v) is 6.05. The first-order chi connectivity index (χ1) is 17.0. The minimum Gasteiger partial charge on any atom is -0.468 e. The van der Waals surface area contributed by atoms with E-state index in [4.69, 9.17) is 14.2 Å². The number of carbonyl (C=O) groups excluding carboxylic acids is 3. The lowest BCUT2D eigenvalue weighted by Crippen LogP contribution is -2.60. The van der Waals surface area contributed by atoms with Gasteiger partial charge in [-0.3, -0.25) is 9.69 Å². The lowest BCUT2D eigenvalue weighted by atomic mass is 10.0. The summed E-state index contributed by atoms with van der Waals surface area (Å²) in [6.45, 7) is 7.54. The topological polar surface area (TPSA) is 103 Å². The van der Waals surface area contributed by atoms with Crippen LogP contribution in [0.5, 0.6) is 0 Å². The van der Waals surface area contributed by atoms with E-state index in [0.717, 1.165) is 5.56 Å². The normalized spacial score (nSPS) is 18.3. The van der Waals surface area contributed by atoms with Gasteiger partial charge in [-0.2, -0.15) is 0 Å². The van der Waals surface area contributed by atoms with E-state index in [0.29, 0.717) is 5.69 Å². The fourth-order valence-corrected chi connectivity index (χ4v) is 4.23.